The van der Waals surface area contributed by atoms with Gasteiger partial charge in [-0.1, -0.05) is 22.6 Å². The molecule has 44 valence electrons. The Bertz CT molecular complexity index is 173. The fourth-order valence-corrected chi connectivity index (χ4v) is 0.996. The van der Waals surface area contributed by atoms with Crippen LogP contribution in [0.25, 0.3) is 0 Å². The molecule has 0 aromatic carbocycles. The fourth-order valence-electron chi connectivity index (χ4n) is 0.424. The van der Waals surface area contributed by atoms with Crippen LogP contribution in [0.2, 0.25) is 5.22 Å². The molecule has 0 N–H and O–H groups in total. The van der Waals surface area contributed by atoms with Gasteiger partial charge in [-0.3, -0.25) is 0 Å². The molecule has 0 aliphatic rings. The Morgan fingerprint density at radius 3 is 2.62 bits per heavy atom. The molecular weight excluding hydrogens is 238 g/mol. The first-order chi connectivity index (χ1) is 3.83. The molecule has 1 heterocycles. The summed E-state index contributed by atoms with van der Waals surface area (Å²) in [4.78, 5) is 0. The molecule has 0 atom stereocenters. The van der Waals surface area contributed by atoms with E-state index in [4.69, 9.17) is 16.0 Å². The monoisotopic (exact) mass is 242 g/mol. The number of hydrogen-bond donors (Lipinski definition) is 0. The zero-order valence-electron chi connectivity index (χ0n) is 4.03. The van der Waals surface area contributed by atoms with E-state index in [1.54, 1.807) is 6.07 Å². The summed E-state index contributed by atoms with van der Waals surface area (Å²) in [7, 11) is 0. The predicted octanol–water partition coefficient (Wildman–Crippen LogP) is 2.87. The van der Waals surface area contributed by atoms with Gasteiger partial charge in [0, 0.05) is 0 Å². The van der Waals surface area contributed by atoms with Gasteiger partial charge in [-0.05, 0) is 23.7 Å². The molecular formula is C5H4ClIO. The predicted molar refractivity (Wildman–Crippen MR) is 41.4 cm³/mol. The van der Waals surface area contributed by atoms with Gasteiger partial charge in [0.25, 0.3) is 0 Å². The average molecular weight is 242 g/mol. The lowest BCUT2D eigenvalue weighted by Gasteiger charge is -1.80. The van der Waals surface area contributed by atoms with Gasteiger partial charge in [0.05, 0.1) is 4.43 Å². The van der Waals surface area contributed by atoms with E-state index >= 15 is 0 Å². The maximum atomic E-state index is 5.47. The Morgan fingerprint density at radius 2 is 2.38 bits per heavy atom. The largest absolute Gasteiger partial charge is 0.449 e. The molecule has 1 nitrogen and oxygen atoms in total. The van der Waals surface area contributed by atoms with Crippen molar-refractivity contribution in [3.05, 3.63) is 23.1 Å². The summed E-state index contributed by atoms with van der Waals surface area (Å²) in [5, 5.41) is 0.469. The van der Waals surface area contributed by atoms with E-state index in [2.05, 4.69) is 22.6 Å². The smallest absolute Gasteiger partial charge is 0.193 e. The molecule has 0 radical (unpaired) electrons. The summed E-state index contributed by atoms with van der Waals surface area (Å²) in [6.07, 6.45) is 0. The van der Waals surface area contributed by atoms with Crippen LogP contribution >= 0.6 is 34.2 Å². The normalized spacial score (nSPS) is 9.75. The van der Waals surface area contributed by atoms with Gasteiger partial charge in [-0.15, -0.1) is 0 Å². The minimum absolute atomic E-state index is 0.469. The van der Waals surface area contributed by atoms with Crippen molar-refractivity contribution in [3.8, 4) is 0 Å². The SMILES string of the molecule is Clc1ccc(CI)o1. The minimum atomic E-state index is 0.469. The van der Waals surface area contributed by atoms with Gasteiger partial charge in [-0.25, -0.2) is 0 Å². The van der Waals surface area contributed by atoms with E-state index in [-0.39, 0.29) is 0 Å². The van der Waals surface area contributed by atoms with E-state index in [1.807, 2.05) is 6.07 Å². The first kappa shape index (κ1) is 6.42. The van der Waals surface area contributed by atoms with Gasteiger partial charge >= 0.3 is 0 Å². The molecule has 0 amide bonds. The highest BCUT2D eigenvalue weighted by Crippen LogP contribution is 2.14. The van der Waals surface area contributed by atoms with Gasteiger partial charge in [0.15, 0.2) is 5.22 Å². The molecule has 0 spiro atoms. The summed E-state index contributed by atoms with van der Waals surface area (Å²) < 4.78 is 5.87. The van der Waals surface area contributed by atoms with Crippen molar-refractivity contribution in [2.75, 3.05) is 0 Å². The zero-order valence-corrected chi connectivity index (χ0v) is 6.94. The van der Waals surface area contributed by atoms with Crippen LogP contribution in [-0.4, -0.2) is 0 Å². The summed E-state index contributed by atoms with van der Waals surface area (Å²) in [6.45, 7) is 0. The first-order valence-electron chi connectivity index (χ1n) is 2.13. The second-order valence-electron chi connectivity index (χ2n) is 1.34. The Morgan fingerprint density at radius 1 is 1.62 bits per heavy atom. The van der Waals surface area contributed by atoms with Crippen LogP contribution in [0.15, 0.2) is 16.5 Å². The van der Waals surface area contributed by atoms with Crippen LogP contribution in [0.3, 0.4) is 0 Å². The Balaban J connectivity index is 2.84. The Labute approximate surface area is 66.2 Å². The summed E-state index contributed by atoms with van der Waals surface area (Å²) in [6, 6.07) is 3.62. The van der Waals surface area contributed by atoms with Crippen molar-refractivity contribution in [1.29, 1.82) is 0 Å². The summed E-state index contributed by atoms with van der Waals surface area (Å²) in [5.74, 6) is 0.926. The van der Waals surface area contributed by atoms with E-state index in [0.717, 1.165) is 10.2 Å². The number of alkyl halides is 1. The third-order valence-electron chi connectivity index (χ3n) is 0.761. The van der Waals surface area contributed by atoms with Crippen LogP contribution in [-0.2, 0) is 4.43 Å². The highest BCUT2D eigenvalue weighted by atomic mass is 127. The third-order valence-corrected chi connectivity index (χ3v) is 1.72. The van der Waals surface area contributed by atoms with Crippen molar-refractivity contribution >= 4 is 34.2 Å². The summed E-state index contributed by atoms with van der Waals surface area (Å²) >= 11 is 7.68. The first-order valence-corrected chi connectivity index (χ1v) is 4.03. The highest BCUT2D eigenvalue weighted by molar-refractivity contribution is 14.1. The number of halogens is 2. The molecule has 1 aromatic heterocycles. The van der Waals surface area contributed by atoms with E-state index in [0.29, 0.717) is 5.22 Å². The van der Waals surface area contributed by atoms with Gasteiger partial charge in [0.1, 0.15) is 5.76 Å². The highest BCUT2D eigenvalue weighted by Gasteiger charge is 1.93. The zero-order chi connectivity index (χ0) is 5.98. The molecule has 0 aliphatic heterocycles. The van der Waals surface area contributed by atoms with E-state index in [1.165, 1.54) is 0 Å². The number of hydrogen-bond acceptors (Lipinski definition) is 1. The minimum Gasteiger partial charge on any atom is -0.449 e. The molecule has 0 unspecified atom stereocenters. The molecule has 0 saturated carbocycles. The lowest BCUT2D eigenvalue weighted by Crippen LogP contribution is -1.62. The second-order valence-corrected chi connectivity index (χ2v) is 2.47. The van der Waals surface area contributed by atoms with Crippen molar-refractivity contribution in [1.82, 2.24) is 0 Å². The maximum absolute atomic E-state index is 5.47. The van der Waals surface area contributed by atoms with Crippen molar-refractivity contribution < 1.29 is 4.42 Å². The van der Waals surface area contributed by atoms with Crippen molar-refractivity contribution in [3.63, 3.8) is 0 Å². The van der Waals surface area contributed by atoms with Crippen molar-refractivity contribution in [2.45, 2.75) is 4.43 Å². The third kappa shape index (κ3) is 1.39. The van der Waals surface area contributed by atoms with Gasteiger partial charge < -0.3 is 4.42 Å². The quantitative estimate of drug-likeness (QED) is 0.545. The maximum Gasteiger partial charge on any atom is 0.193 e. The molecule has 1 aromatic rings. The standard InChI is InChI=1S/C5H4ClIO/c6-5-2-1-4(3-7)8-5/h1-2H,3H2. The molecule has 8 heavy (non-hydrogen) atoms. The fraction of sp³-hybridized carbons (Fsp3) is 0.200. The topological polar surface area (TPSA) is 13.1 Å². The number of furan rings is 1. The molecule has 0 fully saturated rings. The van der Waals surface area contributed by atoms with Gasteiger partial charge in [-0.2, -0.15) is 0 Å². The van der Waals surface area contributed by atoms with E-state index < -0.39 is 0 Å². The lowest BCUT2D eigenvalue weighted by molar-refractivity contribution is 0.535. The average Bonchev–Trinajstić information content (AvgIpc) is 2.14. The lowest BCUT2D eigenvalue weighted by atomic mass is 10.5. The van der Waals surface area contributed by atoms with Crippen LogP contribution in [0.5, 0.6) is 0 Å². The Kier molecular flexibility index (Phi) is 2.19. The molecule has 3 heteroatoms. The molecule has 1 rings (SSSR count). The van der Waals surface area contributed by atoms with Gasteiger partial charge in [0.2, 0.25) is 0 Å². The molecule has 0 bridgehead atoms. The second kappa shape index (κ2) is 2.73. The van der Waals surface area contributed by atoms with E-state index in [9.17, 15) is 0 Å². The number of rotatable bonds is 1. The van der Waals surface area contributed by atoms with Crippen molar-refractivity contribution in [2.24, 2.45) is 0 Å². The van der Waals surface area contributed by atoms with Crippen LogP contribution in [0, 0.1) is 0 Å². The molecule has 0 saturated heterocycles. The van der Waals surface area contributed by atoms with Crippen LogP contribution < -0.4 is 0 Å². The van der Waals surface area contributed by atoms with Crippen LogP contribution in [0.4, 0.5) is 0 Å². The molecule has 0 aliphatic carbocycles. The summed E-state index contributed by atoms with van der Waals surface area (Å²) in [5.41, 5.74) is 0. The Hall–Kier alpha value is 0.300. The van der Waals surface area contributed by atoms with Crippen LogP contribution in [0.1, 0.15) is 5.76 Å².